The number of esters is 1. The molecule has 116 valence electrons. The quantitative estimate of drug-likeness (QED) is 0.602. The SMILES string of the molecule is C[C@@H](C#N)OC(=O)CCC(=O)c1ccc(-c2ccccc2)cc1. The summed E-state index contributed by atoms with van der Waals surface area (Å²) in [6.45, 7) is 1.49. The second-order valence-corrected chi connectivity index (χ2v) is 5.13. The zero-order valence-electron chi connectivity index (χ0n) is 12.9. The minimum Gasteiger partial charge on any atom is -0.447 e. The third-order valence-corrected chi connectivity index (χ3v) is 3.36. The Balaban J connectivity index is 1.93. The average molecular weight is 307 g/mol. The van der Waals surface area contributed by atoms with Crippen molar-refractivity contribution in [3.05, 3.63) is 60.2 Å². The first-order chi connectivity index (χ1) is 11.1. The molecule has 0 saturated carbocycles. The van der Waals surface area contributed by atoms with Crippen molar-refractivity contribution >= 4 is 11.8 Å². The van der Waals surface area contributed by atoms with Crippen molar-refractivity contribution in [2.45, 2.75) is 25.9 Å². The highest BCUT2D eigenvalue weighted by molar-refractivity contribution is 5.97. The van der Waals surface area contributed by atoms with Gasteiger partial charge >= 0.3 is 5.97 Å². The number of carbonyl (C=O) groups excluding carboxylic acids is 2. The van der Waals surface area contributed by atoms with Crippen LogP contribution < -0.4 is 0 Å². The Morgan fingerprint density at radius 2 is 1.61 bits per heavy atom. The van der Waals surface area contributed by atoms with Crippen LogP contribution in [0.5, 0.6) is 0 Å². The van der Waals surface area contributed by atoms with Crippen molar-refractivity contribution in [3.63, 3.8) is 0 Å². The topological polar surface area (TPSA) is 67.2 Å². The Hall–Kier alpha value is -2.93. The normalized spacial score (nSPS) is 11.3. The molecule has 4 heteroatoms. The van der Waals surface area contributed by atoms with E-state index < -0.39 is 12.1 Å². The fourth-order valence-electron chi connectivity index (χ4n) is 2.12. The summed E-state index contributed by atoms with van der Waals surface area (Å²) in [5.41, 5.74) is 2.68. The van der Waals surface area contributed by atoms with Crippen molar-refractivity contribution in [3.8, 4) is 17.2 Å². The molecule has 0 heterocycles. The van der Waals surface area contributed by atoms with E-state index in [0.717, 1.165) is 11.1 Å². The smallest absolute Gasteiger partial charge is 0.307 e. The minimum absolute atomic E-state index is 0.0225. The van der Waals surface area contributed by atoms with Gasteiger partial charge in [-0.3, -0.25) is 9.59 Å². The van der Waals surface area contributed by atoms with Gasteiger partial charge in [0, 0.05) is 12.0 Å². The number of ether oxygens (including phenoxy) is 1. The van der Waals surface area contributed by atoms with Crippen LogP contribution in [0.25, 0.3) is 11.1 Å². The van der Waals surface area contributed by atoms with E-state index in [-0.39, 0.29) is 18.6 Å². The van der Waals surface area contributed by atoms with Gasteiger partial charge in [0.15, 0.2) is 11.9 Å². The van der Waals surface area contributed by atoms with E-state index >= 15 is 0 Å². The maximum absolute atomic E-state index is 12.1. The second-order valence-electron chi connectivity index (χ2n) is 5.13. The van der Waals surface area contributed by atoms with E-state index in [9.17, 15) is 9.59 Å². The Kier molecular flexibility index (Phi) is 5.65. The highest BCUT2D eigenvalue weighted by Gasteiger charge is 2.12. The predicted octanol–water partition coefficient (Wildman–Crippen LogP) is 3.77. The summed E-state index contributed by atoms with van der Waals surface area (Å²) in [4.78, 5) is 23.5. The highest BCUT2D eigenvalue weighted by Crippen LogP contribution is 2.20. The lowest BCUT2D eigenvalue weighted by atomic mass is 10.0. The Labute approximate surface area is 135 Å². The first-order valence-corrected chi connectivity index (χ1v) is 7.38. The first kappa shape index (κ1) is 16.4. The van der Waals surface area contributed by atoms with Gasteiger partial charge in [-0.15, -0.1) is 0 Å². The molecule has 0 aromatic heterocycles. The zero-order chi connectivity index (χ0) is 16.7. The Morgan fingerprint density at radius 3 is 2.22 bits per heavy atom. The van der Waals surface area contributed by atoms with Gasteiger partial charge in [-0.25, -0.2) is 0 Å². The molecule has 0 aliphatic heterocycles. The number of carbonyl (C=O) groups is 2. The number of hydrogen-bond acceptors (Lipinski definition) is 4. The van der Waals surface area contributed by atoms with Crippen LogP contribution in [-0.2, 0) is 9.53 Å². The predicted molar refractivity (Wildman–Crippen MR) is 86.6 cm³/mol. The third-order valence-electron chi connectivity index (χ3n) is 3.36. The average Bonchev–Trinajstić information content (AvgIpc) is 2.60. The number of benzene rings is 2. The molecule has 0 aliphatic rings. The molecule has 0 spiro atoms. The van der Waals surface area contributed by atoms with E-state index in [1.807, 2.05) is 48.5 Å². The fraction of sp³-hybridized carbons (Fsp3) is 0.211. The van der Waals surface area contributed by atoms with Gasteiger partial charge < -0.3 is 4.74 Å². The van der Waals surface area contributed by atoms with E-state index in [1.54, 1.807) is 12.1 Å². The van der Waals surface area contributed by atoms with Gasteiger partial charge in [-0.1, -0.05) is 54.6 Å². The van der Waals surface area contributed by atoms with E-state index in [0.29, 0.717) is 5.56 Å². The summed E-state index contributed by atoms with van der Waals surface area (Å²) in [5, 5.41) is 8.56. The van der Waals surface area contributed by atoms with Crippen LogP contribution in [0.3, 0.4) is 0 Å². The Morgan fingerprint density at radius 1 is 1.00 bits per heavy atom. The Bertz CT molecular complexity index is 715. The molecule has 0 amide bonds. The van der Waals surface area contributed by atoms with Gasteiger partial charge in [-0.05, 0) is 18.1 Å². The maximum atomic E-state index is 12.1. The molecule has 1 atom stereocenters. The van der Waals surface area contributed by atoms with Crippen molar-refractivity contribution < 1.29 is 14.3 Å². The van der Waals surface area contributed by atoms with Gasteiger partial charge in [0.05, 0.1) is 6.42 Å². The zero-order valence-corrected chi connectivity index (χ0v) is 12.9. The van der Waals surface area contributed by atoms with Crippen LogP contribution in [0.2, 0.25) is 0 Å². The molecule has 0 saturated heterocycles. The number of ketones is 1. The lowest BCUT2D eigenvalue weighted by molar-refractivity contribution is -0.145. The summed E-state index contributed by atoms with van der Waals surface area (Å²) in [7, 11) is 0. The highest BCUT2D eigenvalue weighted by atomic mass is 16.5. The van der Waals surface area contributed by atoms with Crippen molar-refractivity contribution in [2.75, 3.05) is 0 Å². The van der Waals surface area contributed by atoms with Gasteiger partial charge in [0.1, 0.15) is 6.07 Å². The van der Waals surface area contributed by atoms with Crippen LogP contribution >= 0.6 is 0 Å². The monoisotopic (exact) mass is 307 g/mol. The fourth-order valence-corrected chi connectivity index (χ4v) is 2.12. The summed E-state index contributed by atoms with van der Waals surface area (Å²) >= 11 is 0. The second kappa shape index (κ2) is 7.90. The first-order valence-electron chi connectivity index (χ1n) is 7.38. The van der Waals surface area contributed by atoms with Crippen LogP contribution in [0.15, 0.2) is 54.6 Å². The van der Waals surface area contributed by atoms with Gasteiger partial charge in [0.25, 0.3) is 0 Å². The number of rotatable bonds is 6. The molecule has 0 radical (unpaired) electrons. The van der Waals surface area contributed by atoms with Crippen LogP contribution in [-0.4, -0.2) is 17.9 Å². The van der Waals surface area contributed by atoms with E-state index in [1.165, 1.54) is 6.92 Å². The van der Waals surface area contributed by atoms with E-state index in [4.69, 9.17) is 10.00 Å². The molecular weight excluding hydrogens is 290 g/mol. The minimum atomic E-state index is -0.789. The summed E-state index contributed by atoms with van der Waals surface area (Å²) in [6, 6.07) is 19.0. The summed E-state index contributed by atoms with van der Waals surface area (Å²) < 4.78 is 4.81. The third kappa shape index (κ3) is 4.79. The van der Waals surface area contributed by atoms with E-state index in [2.05, 4.69) is 0 Å². The molecule has 2 aromatic carbocycles. The maximum Gasteiger partial charge on any atom is 0.307 e. The van der Waals surface area contributed by atoms with Crippen LogP contribution in [0, 0.1) is 11.3 Å². The molecule has 4 nitrogen and oxygen atoms in total. The molecule has 23 heavy (non-hydrogen) atoms. The number of nitrogens with zero attached hydrogens (tertiary/aromatic N) is 1. The molecule has 0 unspecified atom stereocenters. The van der Waals surface area contributed by atoms with Crippen molar-refractivity contribution in [1.82, 2.24) is 0 Å². The molecular formula is C19H17NO3. The number of Topliss-reactive ketones (excluding diaryl/α,β-unsaturated/α-hetero) is 1. The van der Waals surface area contributed by atoms with Crippen molar-refractivity contribution in [1.29, 1.82) is 5.26 Å². The number of nitriles is 1. The molecule has 0 aliphatic carbocycles. The number of hydrogen-bond donors (Lipinski definition) is 0. The standard InChI is InChI=1S/C19H17NO3/c1-14(13-20)23-19(22)12-11-18(21)17-9-7-16(8-10-17)15-5-3-2-4-6-15/h2-10,14H,11-12H2,1H3/t14-/m0/s1. The van der Waals surface area contributed by atoms with Crippen molar-refractivity contribution in [2.24, 2.45) is 0 Å². The lowest BCUT2D eigenvalue weighted by Gasteiger charge is -2.06. The molecule has 0 N–H and O–H groups in total. The molecule has 2 aromatic rings. The lowest BCUT2D eigenvalue weighted by Crippen LogP contribution is -2.14. The van der Waals surface area contributed by atoms with Crippen LogP contribution in [0.1, 0.15) is 30.1 Å². The van der Waals surface area contributed by atoms with Gasteiger partial charge in [0.2, 0.25) is 0 Å². The summed E-state index contributed by atoms with van der Waals surface area (Å²) in [5.74, 6) is -0.653. The molecule has 2 rings (SSSR count). The largest absolute Gasteiger partial charge is 0.447 e. The molecule has 0 bridgehead atoms. The van der Waals surface area contributed by atoms with Crippen LogP contribution in [0.4, 0.5) is 0 Å². The molecule has 0 fully saturated rings. The van der Waals surface area contributed by atoms with Gasteiger partial charge in [-0.2, -0.15) is 5.26 Å². The summed E-state index contributed by atoms with van der Waals surface area (Å²) in [6.07, 6.45) is -0.741.